The SMILES string of the molecule is CN(CC(=O)Nc1nnc(C(C)(C)C)s1)S(=O)(=O)c1cccs1. The van der Waals surface area contributed by atoms with E-state index in [9.17, 15) is 13.2 Å². The highest BCUT2D eigenvalue weighted by Gasteiger charge is 2.25. The number of nitrogens with zero attached hydrogens (tertiary/aromatic N) is 3. The molecule has 0 fully saturated rings. The van der Waals surface area contributed by atoms with E-state index in [-0.39, 0.29) is 16.2 Å². The fourth-order valence-corrected chi connectivity index (χ4v) is 4.73. The van der Waals surface area contributed by atoms with Crippen molar-refractivity contribution >= 4 is 43.7 Å². The summed E-state index contributed by atoms with van der Waals surface area (Å²) in [5, 5.41) is 13.4. The van der Waals surface area contributed by atoms with Crippen molar-refractivity contribution in [3.63, 3.8) is 0 Å². The lowest BCUT2D eigenvalue weighted by Gasteiger charge is -2.15. The molecule has 0 aromatic carbocycles. The molecule has 2 heterocycles. The lowest BCUT2D eigenvalue weighted by atomic mass is 9.98. The summed E-state index contributed by atoms with van der Waals surface area (Å²) in [4.78, 5) is 12.0. The fourth-order valence-electron chi connectivity index (χ4n) is 1.59. The Balaban J connectivity index is 2.01. The van der Waals surface area contributed by atoms with Crippen LogP contribution in [0.4, 0.5) is 5.13 Å². The number of amides is 1. The van der Waals surface area contributed by atoms with Crippen LogP contribution in [0.5, 0.6) is 0 Å². The van der Waals surface area contributed by atoms with Crippen LogP contribution >= 0.6 is 22.7 Å². The molecule has 0 saturated carbocycles. The number of thiophene rings is 1. The number of anilines is 1. The van der Waals surface area contributed by atoms with Gasteiger partial charge in [0.15, 0.2) is 0 Å². The summed E-state index contributed by atoms with van der Waals surface area (Å²) in [5.41, 5.74) is -0.153. The molecule has 0 aliphatic rings. The van der Waals surface area contributed by atoms with E-state index in [4.69, 9.17) is 0 Å². The molecular formula is C13H18N4O3S3. The van der Waals surface area contributed by atoms with Crippen LogP contribution in [0.3, 0.4) is 0 Å². The van der Waals surface area contributed by atoms with Crippen molar-refractivity contribution in [1.29, 1.82) is 0 Å². The zero-order valence-electron chi connectivity index (χ0n) is 13.2. The van der Waals surface area contributed by atoms with E-state index >= 15 is 0 Å². The molecule has 2 aromatic heterocycles. The Labute approximate surface area is 143 Å². The molecule has 23 heavy (non-hydrogen) atoms. The lowest BCUT2D eigenvalue weighted by molar-refractivity contribution is -0.116. The summed E-state index contributed by atoms with van der Waals surface area (Å²) >= 11 is 2.39. The van der Waals surface area contributed by atoms with Gasteiger partial charge < -0.3 is 0 Å². The summed E-state index contributed by atoms with van der Waals surface area (Å²) < 4.78 is 25.7. The average molecular weight is 375 g/mol. The normalized spacial score (nSPS) is 12.6. The Morgan fingerprint density at radius 1 is 1.35 bits per heavy atom. The molecule has 2 aromatic rings. The second-order valence-electron chi connectivity index (χ2n) is 5.90. The third-order valence-corrected chi connectivity index (χ3v) is 7.28. The number of hydrogen-bond donors (Lipinski definition) is 1. The predicted octanol–water partition coefficient (Wildman–Crippen LogP) is 2.16. The van der Waals surface area contributed by atoms with Gasteiger partial charge in [-0.25, -0.2) is 8.42 Å². The van der Waals surface area contributed by atoms with E-state index in [1.165, 1.54) is 24.5 Å². The standard InChI is InChI=1S/C13H18N4O3S3/c1-13(2,3)11-15-16-12(22-11)14-9(18)8-17(4)23(19,20)10-6-5-7-21-10/h5-7H,8H2,1-4H3,(H,14,16,18). The minimum absolute atomic E-state index is 0.153. The van der Waals surface area contributed by atoms with E-state index in [1.807, 2.05) is 20.8 Å². The molecular weight excluding hydrogens is 356 g/mol. The number of aromatic nitrogens is 2. The van der Waals surface area contributed by atoms with Gasteiger partial charge in [0, 0.05) is 12.5 Å². The number of nitrogens with one attached hydrogen (secondary N) is 1. The van der Waals surface area contributed by atoms with Gasteiger partial charge in [-0.2, -0.15) is 4.31 Å². The summed E-state index contributed by atoms with van der Waals surface area (Å²) in [5.74, 6) is -0.454. The maximum atomic E-state index is 12.2. The van der Waals surface area contributed by atoms with Gasteiger partial charge in [-0.15, -0.1) is 21.5 Å². The first-order valence-electron chi connectivity index (χ1n) is 6.74. The van der Waals surface area contributed by atoms with Crippen LogP contribution in [0.1, 0.15) is 25.8 Å². The highest BCUT2D eigenvalue weighted by atomic mass is 32.2. The number of rotatable bonds is 5. The molecule has 0 aliphatic carbocycles. The van der Waals surface area contributed by atoms with Crippen molar-refractivity contribution in [3.8, 4) is 0 Å². The Kier molecular flexibility index (Phi) is 5.19. The zero-order chi connectivity index (χ0) is 17.3. The minimum atomic E-state index is -3.64. The van der Waals surface area contributed by atoms with Gasteiger partial charge in [-0.1, -0.05) is 38.2 Å². The molecule has 1 amide bonds. The number of sulfonamides is 1. The maximum absolute atomic E-state index is 12.2. The predicted molar refractivity (Wildman–Crippen MR) is 91.4 cm³/mol. The summed E-state index contributed by atoms with van der Waals surface area (Å²) in [6.45, 7) is 5.71. The summed E-state index contributed by atoms with van der Waals surface area (Å²) in [6.07, 6.45) is 0. The molecule has 0 radical (unpaired) electrons. The van der Waals surface area contributed by atoms with Crippen LogP contribution in [-0.2, 0) is 20.2 Å². The van der Waals surface area contributed by atoms with Crippen molar-refractivity contribution in [1.82, 2.24) is 14.5 Å². The Bertz CT molecular complexity index is 776. The largest absolute Gasteiger partial charge is 0.299 e. The smallest absolute Gasteiger partial charge is 0.252 e. The van der Waals surface area contributed by atoms with Gasteiger partial charge in [0.2, 0.25) is 11.0 Å². The molecule has 0 unspecified atom stereocenters. The van der Waals surface area contributed by atoms with Crippen molar-refractivity contribution in [2.24, 2.45) is 0 Å². The number of hydrogen-bond acceptors (Lipinski definition) is 7. The van der Waals surface area contributed by atoms with E-state index in [0.717, 1.165) is 20.6 Å². The average Bonchev–Trinajstić information content (AvgIpc) is 3.08. The topological polar surface area (TPSA) is 92.3 Å². The molecule has 7 nitrogen and oxygen atoms in total. The van der Waals surface area contributed by atoms with Crippen LogP contribution < -0.4 is 5.32 Å². The van der Waals surface area contributed by atoms with Gasteiger partial charge in [0.1, 0.15) is 9.22 Å². The summed E-state index contributed by atoms with van der Waals surface area (Å²) in [6, 6.07) is 3.16. The minimum Gasteiger partial charge on any atom is -0.299 e. The van der Waals surface area contributed by atoms with Crippen LogP contribution in [0.25, 0.3) is 0 Å². The second-order valence-corrected chi connectivity index (χ2v) is 10.1. The molecule has 0 atom stereocenters. The van der Waals surface area contributed by atoms with Gasteiger partial charge in [0.25, 0.3) is 10.0 Å². The van der Waals surface area contributed by atoms with Gasteiger partial charge in [-0.05, 0) is 11.4 Å². The van der Waals surface area contributed by atoms with E-state index in [2.05, 4.69) is 15.5 Å². The van der Waals surface area contributed by atoms with Crippen molar-refractivity contribution < 1.29 is 13.2 Å². The van der Waals surface area contributed by atoms with E-state index < -0.39 is 15.9 Å². The molecule has 1 N–H and O–H groups in total. The number of carbonyl (C=O) groups is 1. The van der Waals surface area contributed by atoms with Crippen molar-refractivity contribution in [2.75, 3.05) is 18.9 Å². The quantitative estimate of drug-likeness (QED) is 0.866. The van der Waals surface area contributed by atoms with Crippen molar-refractivity contribution in [2.45, 2.75) is 30.4 Å². The Hall–Kier alpha value is -1.36. The zero-order valence-corrected chi connectivity index (χ0v) is 15.7. The first kappa shape index (κ1) is 18.0. The molecule has 0 aliphatic heterocycles. The maximum Gasteiger partial charge on any atom is 0.252 e. The fraction of sp³-hybridized carbons (Fsp3) is 0.462. The van der Waals surface area contributed by atoms with Gasteiger partial charge >= 0.3 is 0 Å². The first-order chi connectivity index (χ1) is 10.6. The van der Waals surface area contributed by atoms with E-state index in [0.29, 0.717) is 5.13 Å². The second kappa shape index (κ2) is 6.63. The third-order valence-electron chi connectivity index (χ3n) is 2.84. The molecule has 0 spiro atoms. The number of likely N-dealkylation sites (N-methyl/N-ethyl adjacent to an activating group) is 1. The van der Waals surface area contributed by atoms with Crippen LogP contribution in [-0.4, -0.2) is 42.4 Å². The first-order valence-corrected chi connectivity index (χ1v) is 9.88. The Morgan fingerprint density at radius 2 is 2.04 bits per heavy atom. The molecule has 10 heteroatoms. The monoisotopic (exact) mass is 374 g/mol. The third kappa shape index (κ3) is 4.34. The highest BCUT2D eigenvalue weighted by Crippen LogP contribution is 2.27. The molecule has 126 valence electrons. The number of carbonyl (C=O) groups excluding carboxylic acids is 1. The van der Waals surface area contributed by atoms with Gasteiger partial charge in [0.05, 0.1) is 6.54 Å². The molecule has 2 rings (SSSR count). The van der Waals surface area contributed by atoms with Crippen LogP contribution in [0.2, 0.25) is 0 Å². The van der Waals surface area contributed by atoms with Crippen LogP contribution in [0.15, 0.2) is 21.7 Å². The van der Waals surface area contributed by atoms with E-state index in [1.54, 1.807) is 11.4 Å². The van der Waals surface area contributed by atoms with Crippen molar-refractivity contribution in [3.05, 3.63) is 22.5 Å². The molecule has 0 saturated heterocycles. The Morgan fingerprint density at radius 3 is 2.57 bits per heavy atom. The summed E-state index contributed by atoms with van der Waals surface area (Å²) in [7, 11) is -2.27. The lowest BCUT2D eigenvalue weighted by Crippen LogP contribution is -2.34. The van der Waals surface area contributed by atoms with Crippen LogP contribution in [0, 0.1) is 0 Å². The molecule has 0 bridgehead atoms. The highest BCUT2D eigenvalue weighted by molar-refractivity contribution is 7.91. The van der Waals surface area contributed by atoms with Gasteiger partial charge in [-0.3, -0.25) is 10.1 Å².